The second-order valence-corrected chi connectivity index (χ2v) is 7.59. The summed E-state index contributed by atoms with van der Waals surface area (Å²) in [5.74, 6) is -0.467. The zero-order valence-corrected chi connectivity index (χ0v) is 16.9. The number of amides is 3. The highest BCUT2D eigenvalue weighted by Crippen LogP contribution is 2.26. The number of fused-ring (bicyclic) bond motifs is 1. The molecule has 1 heterocycles. The molecule has 146 valence electrons. The number of hydrogen-bond donors (Lipinski definition) is 2. The van der Waals surface area contributed by atoms with Crippen LogP contribution in [0.5, 0.6) is 5.75 Å². The molecule has 1 aliphatic rings. The van der Waals surface area contributed by atoms with Crippen LogP contribution in [0.15, 0.2) is 46.9 Å². The molecule has 0 spiro atoms. The smallest absolute Gasteiger partial charge is 0.261 e. The van der Waals surface area contributed by atoms with Gasteiger partial charge in [0.25, 0.3) is 11.8 Å². The van der Waals surface area contributed by atoms with E-state index < -0.39 is 0 Å². The maximum absolute atomic E-state index is 12.4. The van der Waals surface area contributed by atoms with Crippen LogP contribution >= 0.6 is 15.9 Å². The van der Waals surface area contributed by atoms with Gasteiger partial charge in [-0.2, -0.15) is 0 Å². The van der Waals surface area contributed by atoms with Crippen molar-refractivity contribution in [1.82, 2.24) is 10.2 Å². The highest BCUT2D eigenvalue weighted by molar-refractivity contribution is 9.10. The molecule has 28 heavy (non-hydrogen) atoms. The number of phenols is 1. The molecule has 0 atom stereocenters. The summed E-state index contributed by atoms with van der Waals surface area (Å²) < 4.78 is 0.751. The van der Waals surface area contributed by atoms with E-state index in [1.54, 1.807) is 30.3 Å². The van der Waals surface area contributed by atoms with Crippen LogP contribution in [0, 0.1) is 0 Å². The van der Waals surface area contributed by atoms with E-state index in [1.807, 2.05) is 12.1 Å². The highest BCUT2D eigenvalue weighted by atomic mass is 79.9. The molecule has 2 aromatic rings. The Hall–Kier alpha value is -2.67. The Kier molecular flexibility index (Phi) is 6.46. The Bertz CT molecular complexity index is 896. The number of phenolic OH excluding ortho intramolecular Hbond substituents is 1. The Balaban J connectivity index is 1.37. The standard InChI is InChI=1S/C21H21BrN2O4/c22-15-7-10-17-18(13-15)21(28)24(20(17)27)12-2-4-19(26)23-11-1-3-14-5-8-16(25)9-6-14/h5-10,13,25H,1-4,11-12H2,(H,23,26). The third-order valence-corrected chi connectivity index (χ3v) is 5.11. The van der Waals surface area contributed by atoms with Gasteiger partial charge >= 0.3 is 0 Å². The summed E-state index contributed by atoms with van der Waals surface area (Å²) in [6, 6.07) is 12.0. The largest absolute Gasteiger partial charge is 0.508 e. The molecule has 2 aromatic carbocycles. The average molecular weight is 445 g/mol. The predicted molar refractivity (Wildman–Crippen MR) is 108 cm³/mol. The van der Waals surface area contributed by atoms with Crippen LogP contribution in [0.4, 0.5) is 0 Å². The van der Waals surface area contributed by atoms with E-state index in [9.17, 15) is 19.5 Å². The van der Waals surface area contributed by atoms with Gasteiger partial charge in [-0.1, -0.05) is 28.1 Å². The molecule has 3 rings (SSSR count). The molecule has 0 aromatic heterocycles. The van der Waals surface area contributed by atoms with Crippen LogP contribution in [-0.4, -0.2) is 40.8 Å². The monoisotopic (exact) mass is 444 g/mol. The Morgan fingerprint density at radius 3 is 2.46 bits per heavy atom. The topological polar surface area (TPSA) is 86.7 Å². The van der Waals surface area contributed by atoms with Crippen molar-refractivity contribution in [1.29, 1.82) is 0 Å². The van der Waals surface area contributed by atoms with Crippen molar-refractivity contribution >= 4 is 33.7 Å². The molecule has 2 N–H and O–H groups in total. The van der Waals surface area contributed by atoms with Gasteiger partial charge in [0.1, 0.15) is 5.75 Å². The van der Waals surface area contributed by atoms with Crippen LogP contribution < -0.4 is 5.32 Å². The lowest BCUT2D eigenvalue weighted by atomic mass is 10.1. The summed E-state index contributed by atoms with van der Waals surface area (Å²) in [5.41, 5.74) is 1.91. The van der Waals surface area contributed by atoms with Gasteiger partial charge in [-0.3, -0.25) is 19.3 Å². The second kappa shape index (κ2) is 9.01. The van der Waals surface area contributed by atoms with Crippen molar-refractivity contribution in [3.8, 4) is 5.75 Å². The Labute approximate surface area is 171 Å². The summed E-state index contributed by atoms with van der Waals surface area (Å²) in [5, 5.41) is 12.1. The van der Waals surface area contributed by atoms with Gasteiger partial charge in [-0.25, -0.2) is 0 Å². The summed E-state index contributed by atoms with van der Waals surface area (Å²) >= 11 is 3.31. The van der Waals surface area contributed by atoms with Crippen molar-refractivity contribution in [3.63, 3.8) is 0 Å². The Morgan fingerprint density at radius 2 is 1.71 bits per heavy atom. The maximum Gasteiger partial charge on any atom is 0.261 e. The summed E-state index contributed by atoms with van der Waals surface area (Å²) in [6.07, 6.45) is 2.29. The summed E-state index contributed by atoms with van der Waals surface area (Å²) in [6.45, 7) is 0.783. The van der Waals surface area contributed by atoms with Crippen molar-refractivity contribution in [3.05, 3.63) is 63.6 Å². The quantitative estimate of drug-likeness (QED) is 0.483. The lowest BCUT2D eigenvalue weighted by Crippen LogP contribution is -2.32. The molecule has 0 saturated carbocycles. The van der Waals surface area contributed by atoms with E-state index in [0.29, 0.717) is 24.1 Å². The van der Waals surface area contributed by atoms with E-state index in [-0.39, 0.29) is 36.4 Å². The van der Waals surface area contributed by atoms with Crippen LogP contribution in [0.25, 0.3) is 0 Å². The van der Waals surface area contributed by atoms with E-state index in [2.05, 4.69) is 21.2 Å². The number of hydrogen-bond acceptors (Lipinski definition) is 4. The number of carbonyl (C=O) groups is 3. The average Bonchev–Trinajstić information content (AvgIpc) is 2.91. The molecule has 0 saturated heterocycles. The SMILES string of the molecule is O=C(CCCN1C(=O)c2ccc(Br)cc2C1=O)NCCCc1ccc(O)cc1. The zero-order valence-electron chi connectivity index (χ0n) is 15.3. The molecular weight excluding hydrogens is 424 g/mol. The summed E-state index contributed by atoms with van der Waals surface area (Å²) in [4.78, 5) is 37.9. The first-order valence-electron chi connectivity index (χ1n) is 9.16. The zero-order chi connectivity index (χ0) is 20.1. The minimum atomic E-state index is -0.310. The first kappa shape index (κ1) is 20.1. The second-order valence-electron chi connectivity index (χ2n) is 6.68. The number of rotatable bonds is 8. The normalized spacial score (nSPS) is 13.0. The van der Waals surface area contributed by atoms with Gasteiger partial charge in [0.05, 0.1) is 11.1 Å². The maximum atomic E-state index is 12.4. The fourth-order valence-electron chi connectivity index (χ4n) is 3.14. The van der Waals surface area contributed by atoms with Gasteiger partial charge in [0.2, 0.25) is 5.91 Å². The fourth-order valence-corrected chi connectivity index (χ4v) is 3.50. The minimum Gasteiger partial charge on any atom is -0.508 e. The third kappa shape index (κ3) is 4.78. The number of benzene rings is 2. The van der Waals surface area contributed by atoms with Gasteiger partial charge in [-0.05, 0) is 55.2 Å². The molecule has 7 heteroatoms. The molecule has 0 fully saturated rings. The van der Waals surface area contributed by atoms with Crippen molar-refractivity contribution in [2.24, 2.45) is 0 Å². The van der Waals surface area contributed by atoms with Crippen LogP contribution in [-0.2, 0) is 11.2 Å². The molecule has 1 aliphatic heterocycles. The van der Waals surface area contributed by atoms with E-state index >= 15 is 0 Å². The van der Waals surface area contributed by atoms with Crippen molar-refractivity contribution in [2.75, 3.05) is 13.1 Å². The van der Waals surface area contributed by atoms with Crippen molar-refractivity contribution < 1.29 is 19.5 Å². The van der Waals surface area contributed by atoms with Gasteiger partial charge in [0, 0.05) is 24.0 Å². The Morgan fingerprint density at radius 1 is 1.00 bits per heavy atom. The number of aryl methyl sites for hydroxylation is 1. The van der Waals surface area contributed by atoms with Gasteiger partial charge in [-0.15, -0.1) is 0 Å². The third-order valence-electron chi connectivity index (χ3n) is 4.62. The first-order chi connectivity index (χ1) is 13.5. The number of carbonyl (C=O) groups excluding carboxylic acids is 3. The van der Waals surface area contributed by atoms with Gasteiger partial charge in [0.15, 0.2) is 0 Å². The highest BCUT2D eigenvalue weighted by Gasteiger charge is 2.35. The number of halogens is 1. The number of aromatic hydroxyl groups is 1. The first-order valence-corrected chi connectivity index (χ1v) is 9.95. The fraction of sp³-hybridized carbons (Fsp3) is 0.286. The number of nitrogens with one attached hydrogen (secondary N) is 1. The molecule has 3 amide bonds. The minimum absolute atomic E-state index is 0.0925. The van der Waals surface area contributed by atoms with Crippen LogP contribution in [0.2, 0.25) is 0 Å². The number of nitrogens with zero attached hydrogens (tertiary/aromatic N) is 1. The molecule has 0 radical (unpaired) electrons. The molecule has 0 unspecified atom stereocenters. The lowest BCUT2D eigenvalue weighted by Gasteiger charge is -2.13. The van der Waals surface area contributed by atoms with E-state index in [4.69, 9.17) is 0 Å². The van der Waals surface area contributed by atoms with E-state index in [1.165, 1.54) is 4.90 Å². The van der Waals surface area contributed by atoms with Gasteiger partial charge < -0.3 is 10.4 Å². The molecule has 6 nitrogen and oxygen atoms in total. The molecular formula is C21H21BrN2O4. The molecule has 0 aliphatic carbocycles. The predicted octanol–water partition coefficient (Wildman–Crippen LogP) is 3.28. The van der Waals surface area contributed by atoms with Crippen LogP contribution in [0.1, 0.15) is 45.5 Å². The van der Waals surface area contributed by atoms with E-state index in [0.717, 1.165) is 22.9 Å². The van der Waals surface area contributed by atoms with Crippen molar-refractivity contribution in [2.45, 2.75) is 25.7 Å². The molecule has 0 bridgehead atoms. The van der Waals surface area contributed by atoms with Crippen LogP contribution in [0.3, 0.4) is 0 Å². The lowest BCUT2D eigenvalue weighted by molar-refractivity contribution is -0.121. The number of imide groups is 1. The summed E-state index contributed by atoms with van der Waals surface area (Å²) in [7, 11) is 0.